The number of methoxy groups -OCH3 is 1. The second-order valence-electron chi connectivity index (χ2n) is 3.21. The van der Waals surface area contributed by atoms with Crippen LogP contribution >= 0.6 is 0 Å². The zero-order valence-electron chi connectivity index (χ0n) is 9.50. The first-order valence-electron chi connectivity index (χ1n) is 4.99. The number of anilines is 2. The quantitative estimate of drug-likeness (QED) is 0.777. The minimum atomic E-state index is 0.633. The summed E-state index contributed by atoms with van der Waals surface area (Å²) in [5, 5.41) is 6.35. The number of nitrogens with one attached hydrogen (secondary N) is 2. The summed E-state index contributed by atoms with van der Waals surface area (Å²) >= 11 is 0. The molecular weight excluding hydrogens is 188 g/mol. The minimum absolute atomic E-state index is 0.633. The fourth-order valence-corrected chi connectivity index (χ4v) is 1.36. The fourth-order valence-electron chi connectivity index (χ4n) is 1.36. The molecule has 15 heavy (non-hydrogen) atoms. The minimum Gasteiger partial charge on any atom is -0.386 e. The molecule has 0 aliphatic carbocycles. The van der Waals surface area contributed by atoms with Crippen LogP contribution in [-0.4, -0.2) is 14.2 Å². The summed E-state index contributed by atoms with van der Waals surface area (Å²) in [6.45, 7) is 2.61. The van der Waals surface area contributed by atoms with E-state index in [0.717, 1.165) is 16.9 Å². The predicted molar refractivity (Wildman–Crippen MR) is 65.1 cm³/mol. The van der Waals surface area contributed by atoms with E-state index in [1.807, 2.05) is 32.3 Å². The van der Waals surface area contributed by atoms with Crippen molar-refractivity contribution in [3.05, 3.63) is 36.0 Å². The van der Waals surface area contributed by atoms with Crippen LogP contribution in [0.4, 0.5) is 11.4 Å². The second-order valence-corrected chi connectivity index (χ2v) is 3.21. The lowest BCUT2D eigenvalue weighted by molar-refractivity contribution is 0.185. The molecule has 0 unspecified atom stereocenters. The van der Waals surface area contributed by atoms with Gasteiger partial charge in [0.1, 0.15) is 0 Å². The first-order chi connectivity index (χ1) is 7.31. The molecule has 0 radical (unpaired) electrons. The maximum absolute atomic E-state index is 5.09. The van der Waals surface area contributed by atoms with E-state index in [9.17, 15) is 0 Å². The van der Waals surface area contributed by atoms with Crippen molar-refractivity contribution in [3.63, 3.8) is 0 Å². The Morgan fingerprint density at radius 2 is 2.13 bits per heavy atom. The lowest BCUT2D eigenvalue weighted by Gasteiger charge is -2.10. The summed E-state index contributed by atoms with van der Waals surface area (Å²) in [6, 6.07) is 6.17. The Balaban J connectivity index is 2.90. The molecule has 0 atom stereocenters. The van der Waals surface area contributed by atoms with Crippen molar-refractivity contribution in [2.75, 3.05) is 24.8 Å². The third kappa shape index (κ3) is 3.29. The van der Waals surface area contributed by atoms with Crippen molar-refractivity contribution in [3.8, 4) is 0 Å². The van der Waals surface area contributed by atoms with Gasteiger partial charge in [-0.1, -0.05) is 12.1 Å². The van der Waals surface area contributed by atoms with Gasteiger partial charge < -0.3 is 15.4 Å². The molecule has 0 saturated heterocycles. The van der Waals surface area contributed by atoms with Gasteiger partial charge in [0, 0.05) is 14.2 Å². The van der Waals surface area contributed by atoms with E-state index in [1.54, 1.807) is 7.11 Å². The topological polar surface area (TPSA) is 33.3 Å². The molecule has 0 spiro atoms. The van der Waals surface area contributed by atoms with Crippen molar-refractivity contribution in [1.29, 1.82) is 0 Å². The van der Waals surface area contributed by atoms with Gasteiger partial charge >= 0.3 is 0 Å². The third-order valence-electron chi connectivity index (χ3n) is 2.07. The van der Waals surface area contributed by atoms with E-state index in [0.29, 0.717) is 6.61 Å². The van der Waals surface area contributed by atoms with Crippen molar-refractivity contribution in [2.45, 2.75) is 13.5 Å². The third-order valence-corrected chi connectivity index (χ3v) is 2.07. The lowest BCUT2D eigenvalue weighted by atomic mass is 10.2. The average molecular weight is 206 g/mol. The molecule has 1 aromatic carbocycles. The number of hydrogen-bond donors (Lipinski definition) is 2. The van der Waals surface area contributed by atoms with E-state index in [4.69, 9.17) is 4.74 Å². The van der Waals surface area contributed by atoms with Gasteiger partial charge in [-0.05, 0) is 30.8 Å². The van der Waals surface area contributed by atoms with Crippen LogP contribution in [0.2, 0.25) is 0 Å². The Kier molecular flexibility index (Phi) is 4.71. The monoisotopic (exact) mass is 206 g/mol. The van der Waals surface area contributed by atoms with Crippen molar-refractivity contribution < 1.29 is 4.74 Å². The zero-order valence-corrected chi connectivity index (χ0v) is 9.50. The normalized spacial score (nSPS) is 10.6. The molecule has 3 heteroatoms. The van der Waals surface area contributed by atoms with Gasteiger partial charge in [-0.3, -0.25) is 0 Å². The van der Waals surface area contributed by atoms with Gasteiger partial charge in [-0.2, -0.15) is 0 Å². The predicted octanol–water partition coefficient (Wildman–Crippen LogP) is 2.82. The molecule has 1 rings (SSSR count). The van der Waals surface area contributed by atoms with Gasteiger partial charge in [-0.15, -0.1) is 0 Å². The Hall–Kier alpha value is -1.48. The molecule has 0 aromatic heterocycles. The smallest absolute Gasteiger partial charge is 0.0713 e. The van der Waals surface area contributed by atoms with Gasteiger partial charge in [0.15, 0.2) is 0 Å². The summed E-state index contributed by atoms with van der Waals surface area (Å²) in [5.41, 5.74) is 3.29. The molecule has 3 nitrogen and oxygen atoms in total. The van der Waals surface area contributed by atoms with Crippen molar-refractivity contribution in [1.82, 2.24) is 0 Å². The van der Waals surface area contributed by atoms with Crippen LogP contribution in [0.25, 0.3) is 0 Å². The highest BCUT2D eigenvalue weighted by molar-refractivity contribution is 5.70. The summed E-state index contributed by atoms with van der Waals surface area (Å²) < 4.78 is 5.09. The lowest BCUT2D eigenvalue weighted by Crippen LogP contribution is -1.98. The van der Waals surface area contributed by atoms with Gasteiger partial charge in [-0.25, -0.2) is 0 Å². The molecule has 0 bridgehead atoms. The SMILES string of the molecule is C/C=C/Nc1cc(COC)ccc1NC. The van der Waals surface area contributed by atoms with Crippen LogP contribution in [0.5, 0.6) is 0 Å². The molecule has 0 saturated carbocycles. The van der Waals surface area contributed by atoms with E-state index in [1.165, 1.54) is 0 Å². The van der Waals surface area contributed by atoms with Crippen LogP contribution in [-0.2, 0) is 11.3 Å². The first-order valence-corrected chi connectivity index (χ1v) is 4.99. The number of ether oxygens (including phenoxy) is 1. The second kappa shape index (κ2) is 6.09. The fraction of sp³-hybridized carbons (Fsp3) is 0.333. The molecule has 82 valence electrons. The Labute approximate surface area is 91.1 Å². The molecule has 1 aromatic rings. The number of allylic oxidation sites excluding steroid dienone is 1. The molecular formula is C12H18N2O. The van der Waals surface area contributed by atoms with Gasteiger partial charge in [0.05, 0.1) is 18.0 Å². The number of rotatable bonds is 5. The molecule has 0 fully saturated rings. The van der Waals surface area contributed by atoms with Crippen LogP contribution in [0.3, 0.4) is 0 Å². The standard InChI is InChI=1S/C12H18N2O/c1-4-7-14-12-8-10(9-15-3)5-6-11(12)13-2/h4-8,13-14H,9H2,1-3H3/b7-4+. The Morgan fingerprint density at radius 3 is 2.73 bits per heavy atom. The molecule has 0 aliphatic heterocycles. The van der Waals surface area contributed by atoms with Crippen LogP contribution in [0.15, 0.2) is 30.5 Å². The highest BCUT2D eigenvalue weighted by Gasteiger charge is 2.00. The maximum atomic E-state index is 5.09. The summed E-state index contributed by atoms with van der Waals surface area (Å²) in [6.07, 6.45) is 3.87. The Morgan fingerprint density at radius 1 is 1.33 bits per heavy atom. The van der Waals surface area contributed by atoms with Crippen LogP contribution < -0.4 is 10.6 Å². The maximum Gasteiger partial charge on any atom is 0.0713 e. The van der Waals surface area contributed by atoms with E-state index < -0.39 is 0 Å². The summed E-state index contributed by atoms with van der Waals surface area (Å²) in [4.78, 5) is 0. The van der Waals surface area contributed by atoms with E-state index in [2.05, 4.69) is 22.8 Å². The van der Waals surface area contributed by atoms with Gasteiger partial charge in [0.2, 0.25) is 0 Å². The highest BCUT2D eigenvalue weighted by atomic mass is 16.5. The number of hydrogen-bond acceptors (Lipinski definition) is 3. The van der Waals surface area contributed by atoms with Crippen LogP contribution in [0.1, 0.15) is 12.5 Å². The van der Waals surface area contributed by atoms with E-state index >= 15 is 0 Å². The largest absolute Gasteiger partial charge is 0.386 e. The molecule has 2 N–H and O–H groups in total. The molecule has 0 aliphatic rings. The highest BCUT2D eigenvalue weighted by Crippen LogP contribution is 2.23. The van der Waals surface area contributed by atoms with Crippen LogP contribution in [0, 0.1) is 0 Å². The van der Waals surface area contributed by atoms with Crippen molar-refractivity contribution >= 4 is 11.4 Å². The summed E-state index contributed by atoms with van der Waals surface area (Å²) in [7, 11) is 3.61. The first kappa shape index (κ1) is 11.6. The molecule has 0 amide bonds. The number of benzene rings is 1. The van der Waals surface area contributed by atoms with Gasteiger partial charge in [0.25, 0.3) is 0 Å². The summed E-state index contributed by atoms with van der Waals surface area (Å²) in [5.74, 6) is 0. The molecule has 0 heterocycles. The van der Waals surface area contributed by atoms with E-state index in [-0.39, 0.29) is 0 Å². The average Bonchev–Trinajstić information content (AvgIpc) is 2.27. The van der Waals surface area contributed by atoms with Crippen molar-refractivity contribution in [2.24, 2.45) is 0 Å². The Bertz CT molecular complexity index is 334. The zero-order chi connectivity index (χ0) is 11.1.